The molecule has 5 rings (SSSR count). The SMILES string of the molecule is CCCC1(Cc2ccc3cnn(-c4cc(N5CCC(C(C)(C)O)C5C)ncn4)c3c2)CC1. The third-order valence-corrected chi connectivity index (χ3v) is 7.76. The number of rotatable bonds is 7. The third-order valence-electron chi connectivity index (χ3n) is 7.76. The molecule has 0 spiro atoms. The lowest BCUT2D eigenvalue weighted by Crippen LogP contribution is -2.40. The molecule has 6 heteroatoms. The molecule has 1 saturated heterocycles. The van der Waals surface area contributed by atoms with Gasteiger partial charge in [0.25, 0.3) is 0 Å². The third kappa shape index (κ3) is 3.90. The Kier molecular flexibility index (Phi) is 5.24. The smallest absolute Gasteiger partial charge is 0.159 e. The minimum atomic E-state index is -0.699. The van der Waals surface area contributed by atoms with Crippen LogP contribution >= 0.6 is 0 Å². The fourth-order valence-corrected chi connectivity index (χ4v) is 5.83. The van der Waals surface area contributed by atoms with E-state index in [4.69, 9.17) is 0 Å². The van der Waals surface area contributed by atoms with Crippen molar-refractivity contribution in [3.05, 3.63) is 42.4 Å². The fraction of sp³-hybridized carbons (Fsp3) is 0.577. The zero-order valence-corrected chi connectivity index (χ0v) is 19.8. The number of aromatic nitrogens is 4. The van der Waals surface area contributed by atoms with E-state index < -0.39 is 5.60 Å². The van der Waals surface area contributed by atoms with Crippen LogP contribution in [0.25, 0.3) is 16.7 Å². The summed E-state index contributed by atoms with van der Waals surface area (Å²) in [7, 11) is 0. The summed E-state index contributed by atoms with van der Waals surface area (Å²) in [6.45, 7) is 9.16. The van der Waals surface area contributed by atoms with E-state index >= 15 is 0 Å². The summed E-state index contributed by atoms with van der Waals surface area (Å²) in [5, 5.41) is 16.3. The van der Waals surface area contributed by atoms with Gasteiger partial charge in [-0.15, -0.1) is 0 Å². The van der Waals surface area contributed by atoms with Gasteiger partial charge in [0.2, 0.25) is 0 Å². The van der Waals surface area contributed by atoms with E-state index in [0.717, 1.165) is 41.9 Å². The van der Waals surface area contributed by atoms with Crippen molar-refractivity contribution < 1.29 is 5.11 Å². The minimum absolute atomic E-state index is 0.215. The lowest BCUT2D eigenvalue weighted by atomic mass is 9.85. The van der Waals surface area contributed by atoms with Crippen LogP contribution < -0.4 is 4.90 Å². The Balaban J connectivity index is 1.44. The molecule has 6 nitrogen and oxygen atoms in total. The minimum Gasteiger partial charge on any atom is -0.390 e. The molecule has 1 aliphatic carbocycles. The number of nitrogens with zero attached hydrogens (tertiary/aromatic N) is 5. The van der Waals surface area contributed by atoms with Crippen LogP contribution in [0.1, 0.15) is 65.4 Å². The summed E-state index contributed by atoms with van der Waals surface area (Å²) in [5.41, 5.74) is 2.32. The Bertz CT molecular complexity index is 1110. The molecule has 1 saturated carbocycles. The number of benzene rings is 1. The second-order valence-corrected chi connectivity index (χ2v) is 10.6. The first-order valence-corrected chi connectivity index (χ1v) is 12.1. The molecule has 2 fully saturated rings. The van der Waals surface area contributed by atoms with Gasteiger partial charge in [0.05, 0.1) is 17.3 Å². The second-order valence-electron chi connectivity index (χ2n) is 10.6. The van der Waals surface area contributed by atoms with Crippen LogP contribution in [0.3, 0.4) is 0 Å². The Morgan fingerprint density at radius 3 is 2.62 bits per heavy atom. The van der Waals surface area contributed by atoms with E-state index in [0.29, 0.717) is 5.41 Å². The first-order valence-electron chi connectivity index (χ1n) is 12.1. The summed E-state index contributed by atoms with van der Waals surface area (Å²) in [5.74, 6) is 1.90. The highest BCUT2D eigenvalue weighted by molar-refractivity contribution is 5.80. The normalized spacial score (nSPS) is 22.6. The molecule has 1 aliphatic heterocycles. The van der Waals surface area contributed by atoms with E-state index in [1.54, 1.807) is 6.33 Å². The highest BCUT2D eigenvalue weighted by atomic mass is 16.3. The summed E-state index contributed by atoms with van der Waals surface area (Å²) >= 11 is 0. The summed E-state index contributed by atoms with van der Waals surface area (Å²) in [6.07, 6.45) is 10.9. The first-order chi connectivity index (χ1) is 15.3. The van der Waals surface area contributed by atoms with Gasteiger partial charge in [-0.05, 0) is 69.9 Å². The molecule has 32 heavy (non-hydrogen) atoms. The maximum atomic E-state index is 10.5. The lowest BCUT2D eigenvalue weighted by Gasteiger charge is -2.32. The maximum Gasteiger partial charge on any atom is 0.159 e. The largest absolute Gasteiger partial charge is 0.390 e. The molecule has 2 atom stereocenters. The molecule has 0 amide bonds. The maximum absolute atomic E-state index is 10.5. The van der Waals surface area contributed by atoms with Crippen molar-refractivity contribution in [2.75, 3.05) is 11.4 Å². The van der Waals surface area contributed by atoms with Gasteiger partial charge < -0.3 is 10.0 Å². The van der Waals surface area contributed by atoms with Gasteiger partial charge >= 0.3 is 0 Å². The van der Waals surface area contributed by atoms with Crippen molar-refractivity contribution in [1.82, 2.24) is 19.7 Å². The Labute approximate surface area is 190 Å². The Hall–Kier alpha value is -2.47. The number of aliphatic hydroxyl groups is 1. The van der Waals surface area contributed by atoms with Gasteiger partial charge in [0, 0.05) is 30.0 Å². The van der Waals surface area contributed by atoms with Crippen LogP contribution in [-0.4, -0.2) is 43.0 Å². The number of hydrogen-bond donors (Lipinski definition) is 1. The molecule has 170 valence electrons. The molecule has 1 aromatic carbocycles. The molecule has 3 aromatic rings. The second kappa shape index (κ2) is 7.84. The monoisotopic (exact) mass is 433 g/mol. The molecule has 3 heterocycles. The van der Waals surface area contributed by atoms with Crippen LogP contribution in [0.15, 0.2) is 36.8 Å². The predicted octanol–water partition coefficient (Wildman–Crippen LogP) is 4.92. The van der Waals surface area contributed by atoms with Crippen LogP contribution in [0.5, 0.6) is 0 Å². The van der Waals surface area contributed by atoms with Crippen LogP contribution in [0.2, 0.25) is 0 Å². The molecule has 1 N–H and O–H groups in total. The first kappa shape index (κ1) is 21.4. The van der Waals surface area contributed by atoms with Gasteiger partial charge in [-0.3, -0.25) is 0 Å². The van der Waals surface area contributed by atoms with E-state index in [1.165, 1.54) is 31.2 Å². The molecule has 2 unspecified atom stereocenters. The van der Waals surface area contributed by atoms with Crippen molar-refractivity contribution in [3.63, 3.8) is 0 Å². The Morgan fingerprint density at radius 1 is 1.16 bits per heavy atom. The van der Waals surface area contributed by atoms with Gasteiger partial charge in [-0.2, -0.15) is 5.10 Å². The zero-order valence-electron chi connectivity index (χ0n) is 19.8. The van der Waals surface area contributed by atoms with Crippen LogP contribution in [0.4, 0.5) is 5.82 Å². The quantitative estimate of drug-likeness (QED) is 0.573. The van der Waals surface area contributed by atoms with Crippen molar-refractivity contribution in [2.45, 2.75) is 77.9 Å². The molecule has 2 aliphatic rings. The van der Waals surface area contributed by atoms with Crippen molar-refractivity contribution >= 4 is 16.7 Å². The van der Waals surface area contributed by atoms with Gasteiger partial charge in [0.1, 0.15) is 12.1 Å². The topological polar surface area (TPSA) is 67.1 Å². The van der Waals surface area contributed by atoms with Gasteiger partial charge in [0.15, 0.2) is 5.82 Å². The van der Waals surface area contributed by atoms with Crippen molar-refractivity contribution in [1.29, 1.82) is 0 Å². The van der Waals surface area contributed by atoms with E-state index in [1.807, 2.05) is 30.8 Å². The number of anilines is 1. The molecule has 0 radical (unpaired) electrons. The molecule has 2 aromatic heterocycles. The average Bonchev–Trinajstić information content (AvgIpc) is 3.18. The van der Waals surface area contributed by atoms with Gasteiger partial charge in [-0.25, -0.2) is 14.6 Å². The average molecular weight is 434 g/mol. The summed E-state index contributed by atoms with van der Waals surface area (Å²) < 4.78 is 1.94. The molecule has 0 bridgehead atoms. The van der Waals surface area contributed by atoms with E-state index in [2.05, 4.69) is 52.0 Å². The fourth-order valence-electron chi connectivity index (χ4n) is 5.83. The molecular formula is C26H35N5O. The summed E-state index contributed by atoms with van der Waals surface area (Å²) in [4.78, 5) is 11.4. The Morgan fingerprint density at radius 2 is 1.94 bits per heavy atom. The van der Waals surface area contributed by atoms with Crippen LogP contribution in [0, 0.1) is 11.3 Å². The molecular weight excluding hydrogens is 398 g/mol. The number of hydrogen-bond acceptors (Lipinski definition) is 5. The predicted molar refractivity (Wildman–Crippen MR) is 128 cm³/mol. The highest BCUT2D eigenvalue weighted by Gasteiger charge is 2.41. The van der Waals surface area contributed by atoms with E-state index in [-0.39, 0.29) is 12.0 Å². The van der Waals surface area contributed by atoms with E-state index in [9.17, 15) is 5.11 Å². The van der Waals surface area contributed by atoms with Crippen LogP contribution in [-0.2, 0) is 6.42 Å². The zero-order chi connectivity index (χ0) is 22.5. The van der Waals surface area contributed by atoms with Crippen molar-refractivity contribution in [2.24, 2.45) is 11.3 Å². The van der Waals surface area contributed by atoms with Gasteiger partial charge in [-0.1, -0.05) is 25.5 Å². The number of fused-ring (bicyclic) bond motifs is 1. The highest BCUT2D eigenvalue weighted by Crippen LogP contribution is 2.52. The summed E-state index contributed by atoms with van der Waals surface area (Å²) in [6, 6.07) is 8.99. The van der Waals surface area contributed by atoms with Crippen molar-refractivity contribution in [3.8, 4) is 5.82 Å². The standard InChI is InChI=1S/C26H35N5O/c1-5-9-26(10-11-26)15-19-6-7-20-16-29-31(22(20)13-19)24-14-23(27-17-28-24)30-12-8-21(18(30)2)25(3,4)32/h6-7,13-14,16-18,21,32H,5,8-12,15H2,1-4H3. The lowest BCUT2D eigenvalue weighted by molar-refractivity contribution is 0.0156.